The predicted octanol–water partition coefficient (Wildman–Crippen LogP) is 2.46. The molecule has 1 amide bonds. The SMILES string of the molecule is CCC(NC(=O)CC1Cc2ccccc2C1)C1CC(O)C1. The fourth-order valence-electron chi connectivity index (χ4n) is 3.83. The van der Waals surface area contributed by atoms with Crippen molar-refractivity contribution in [3.8, 4) is 0 Å². The van der Waals surface area contributed by atoms with E-state index in [1.54, 1.807) is 0 Å². The highest BCUT2D eigenvalue weighted by atomic mass is 16.3. The van der Waals surface area contributed by atoms with Crippen molar-refractivity contribution in [2.75, 3.05) is 0 Å². The van der Waals surface area contributed by atoms with E-state index in [1.807, 2.05) is 0 Å². The molecular formula is C18H25NO2. The molecule has 1 unspecified atom stereocenters. The number of hydrogen-bond donors (Lipinski definition) is 2. The number of hydrogen-bond acceptors (Lipinski definition) is 2. The first-order valence-corrected chi connectivity index (χ1v) is 8.20. The molecule has 0 radical (unpaired) electrons. The van der Waals surface area contributed by atoms with Gasteiger partial charge >= 0.3 is 0 Å². The third-order valence-electron chi connectivity index (χ3n) is 5.11. The highest BCUT2D eigenvalue weighted by Gasteiger charge is 2.34. The van der Waals surface area contributed by atoms with E-state index in [4.69, 9.17) is 0 Å². The molecule has 1 fully saturated rings. The van der Waals surface area contributed by atoms with Crippen LogP contribution in [0.3, 0.4) is 0 Å². The van der Waals surface area contributed by atoms with Crippen LogP contribution in [-0.2, 0) is 17.6 Å². The van der Waals surface area contributed by atoms with Crippen molar-refractivity contribution in [3.05, 3.63) is 35.4 Å². The number of carbonyl (C=O) groups excluding carboxylic acids is 1. The lowest BCUT2D eigenvalue weighted by molar-refractivity contribution is -0.123. The smallest absolute Gasteiger partial charge is 0.220 e. The van der Waals surface area contributed by atoms with Crippen LogP contribution in [0.15, 0.2) is 24.3 Å². The number of benzene rings is 1. The Bertz CT molecular complexity index is 483. The maximum absolute atomic E-state index is 12.3. The Hall–Kier alpha value is -1.35. The number of rotatable bonds is 5. The van der Waals surface area contributed by atoms with Crippen molar-refractivity contribution in [3.63, 3.8) is 0 Å². The molecule has 3 heteroatoms. The largest absolute Gasteiger partial charge is 0.393 e. The average Bonchev–Trinajstić information content (AvgIpc) is 2.83. The van der Waals surface area contributed by atoms with Crippen molar-refractivity contribution < 1.29 is 9.90 Å². The van der Waals surface area contributed by atoms with E-state index >= 15 is 0 Å². The van der Waals surface area contributed by atoms with E-state index in [-0.39, 0.29) is 18.1 Å². The summed E-state index contributed by atoms with van der Waals surface area (Å²) in [5, 5.41) is 12.6. The molecule has 0 heterocycles. The summed E-state index contributed by atoms with van der Waals surface area (Å²) in [4.78, 5) is 12.3. The van der Waals surface area contributed by atoms with Gasteiger partial charge in [0.2, 0.25) is 5.91 Å². The zero-order chi connectivity index (χ0) is 14.8. The van der Waals surface area contributed by atoms with Gasteiger partial charge in [0.1, 0.15) is 0 Å². The minimum atomic E-state index is -0.148. The van der Waals surface area contributed by atoms with Crippen LogP contribution in [0.4, 0.5) is 0 Å². The van der Waals surface area contributed by atoms with Gasteiger partial charge < -0.3 is 10.4 Å². The summed E-state index contributed by atoms with van der Waals surface area (Å²) >= 11 is 0. The van der Waals surface area contributed by atoms with Crippen LogP contribution >= 0.6 is 0 Å². The standard InChI is InChI=1S/C18H25NO2/c1-2-17(15-10-16(20)11-15)19-18(21)9-12-7-13-5-3-4-6-14(13)8-12/h3-6,12,15-17,20H,2,7-11H2,1H3,(H,19,21). The lowest BCUT2D eigenvalue weighted by atomic mass is 9.76. The third kappa shape index (κ3) is 3.29. The van der Waals surface area contributed by atoms with Gasteiger partial charge in [0.05, 0.1) is 6.10 Å². The van der Waals surface area contributed by atoms with Crippen molar-refractivity contribution in [2.24, 2.45) is 11.8 Å². The molecule has 0 aliphatic heterocycles. The molecule has 2 N–H and O–H groups in total. The molecule has 1 aromatic rings. The Labute approximate surface area is 126 Å². The maximum Gasteiger partial charge on any atom is 0.220 e. The fraction of sp³-hybridized carbons (Fsp3) is 0.611. The molecule has 1 atom stereocenters. The maximum atomic E-state index is 12.3. The number of nitrogens with one attached hydrogen (secondary N) is 1. The first-order chi connectivity index (χ1) is 10.2. The number of fused-ring (bicyclic) bond motifs is 1. The van der Waals surface area contributed by atoms with Crippen LogP contribution in [0.1, 0.15) is 43.7 Å². The molecule has 3 nitrogen and oxygen atoms in total. The van der Waals surface area contributed by atoms with Gasteiger partial charge in [0, 0.05) is 12.5 Å². The van der Waals surface area contributed by atoms with Crippen LogP contribution in [0, 0.1) is 11.8 Å². The summed E-state index contributed by atoms with van der Waals surface area (Å²) in [6, 6.07) is 8.76. The molecule has 114 valence electrons. The van der Waals surface area contributed by atoms with Gasteiger partial charge in [-0.15, -0.1) is 0 Å². The zero-order valence-electron chi connectivity index (χ0n) is 12.7. The Balaban J connectivity index is 1.49. The molecule has 0 aromatic heterocycles. The second kappa shape index (κ2) is 6.18. The molecule has 2 aliphatic rings. The molecule has 0 spiro atoms. The van der Waals surface area contributed by atoms with Crippen molar-refractivity contribution in [2.45, 2.75) is 57.6 Å². The van der Waals surface area contributed by atoms with Gasteiger partial charge in [-0.05, 0) is 55.1 Å². The summed E-state index contributed by atoms with van der Waals surface area (Å²) in [5.74, 6) is 1.10. The number of aliphatic hydroxyl groups is 1. The first kappa shape index (κ1) is 14.6. The van der Waals surface area contributed by atoms with Crippen LogP contribution in [-0.4, -0.2) is 23.2 Å². The second-order valence-corrected chi connectivity index (χ2v) is 6.71. The van der Waals surface area contributed by atoms with Crippen molar-refractivity contribution in [1.82, 2.24) is 5.32 Å². The van der Waals surface area contributed by atoms with Crippen molar-refractivity contribution >= 4 is 5.91 Å². The molecule has 21 heavy (non-hydrogen) atoms. The lowest BCUT2D eigenvalue weighted by Gasteiger charge is -2.37. The van der Waals surface area contributed by atoms with Crippen LogP contribution in [0.2, 0.25) is 0 Å². The molecular weight excluding hydrogens is 262 g/mol. The van der Waals surface area contributed by atoms with Gasteiger partial charge in [-0.2, -0.15) is 0 Å². The summed E-state index contributed by atoms with van der Waals surface area (Å²) in [6.07, 6.45) is 5.17. The van der Waals surface area contributed by atoms with E-state index in [0.29, 0.717) is 18.3 Å². The third-order valence-corrected chi connectivity index (χ3v) is 5.11. The first-order valence-electron chi connectivity index (χ1n) is 8.20. The second-order valence-electron chi connectivity index (χ2n) is 6.71. The lowest BCUT2D eigenvalue weighted by Crippen LogP contribution is -2.47. The van der Waals surface area contributed by atoms with Gasteiger partial charge in [-0.3, -0.25) is 4.79 Å². The molecule has 1 aromatic carbocycles. The molecule has 2 aliphatic carbocycles. The monoisotopic (exact) mass is 287 g/mol. The Morgan fingerprint density at radius 2 is 1.90 bits per heavy atom. The summed E-state index contributed by atoms with van der Waals surface area (Å²) < 4.78 is 0. The van der Waals surface area contributed by atoms with Crippen LogP contribution in [0.25, 0.3) is 0 Å². The van der Waals surface area contributed by atoms with E-state index < -0.39 is 0 Å². The predicted molar refractivity (Wildman–Crippen MR) is 82.9 cm³/mol. The normalized spacial score (nSPS) is 26.0. The average molecular weight is 287 g/mol. The van der Waals surface area contributed by atoms with E-state index in [1.165, 1.54) is 11.1 Å². The number of amides is 1. The Kier molecular flexibility index (Phi) is 4.29. The molecule has 3 rings (SSSR count). The van der Waals surface area contributed by atoms with Gasteiger partial charge in [-0.1, -0.05) is 31.2 Å². The topological polar surface area (TPSA) is 49.3 Å². The molecule has 0 bridgehead atoms. The molecule has 0 saturated heterocycles. The minimum absolute atomic E-state index is 0.148. The zero-order valence-corrected chi connectivity index (χ0v) is 12.7. The minimum Gasteiger partial charge on any atom is -0.393 e. The fourth-order valence-corrected chi connectivity index (χ4v) is 3.83. The number of carbonyl (C=O) groups is 1. The highest BCUT2D eigenvalue weighted by molar-refractivity contribution is 5.76. The quantitative estimate of drug-likeness (QED) is 0.874. The van der Waals surface area contributed by atoms with Gasteiger partial charge in [-0.25, -0.2) is 0 Å². The summed E-state index contributed by atoms with van der Waals surface area (Å²) in [7, 11) is 0. The summed E-state index contributed by atoms with van der Waals surface area (Å²) in [5.41, 5.74) is 2.81. The molecule has 1 saturated carbocycles. The Morgan fingerprint density at radius 3 is 2.43 bits per heavy atom. The van der Waals surface area contributed by atoms with Gasteiger partial charge in [0.25, 0.3) is 0 Å². The van der Waals surface area contributed by atoms with E-state index in [0.717, 1.165) is 32.1 Å². The Morgan fingerprint density at radius 1 is 1.29 bits per heavy atom. The van der Waals surface area contributed by atoms with Crippen LogP contribution < -0.4 is 5.32 Å². The van der Waals surface area contributed by atoms with E-state index in [2.05, 4.69) is 36.5 Å². The van der Waals surface area contributed by atoms with Crippen molar-refractivity contribution in [1.29, 1.82) is 0 Å². The van der Waals surface area contributed by atoms with E-state index in [9.17, 15) is 9.90 Å². The summed E-state index contributed by atoms with van der Waals surface area (Å²) in [6.45, 7) is 2.11. The highest BCUT2D eigenvalue weighted by Crippen LogP contribution is 2.32. The number of aliphatic hydroxyl groups excluding tert-OH is 1. The van der Waals surface area contributed by atoms with Crippen LogP contribution in [0.5, 0.6) is 0 Å². The van der Waals surface area contributed by atoms with Gasteiger partial charge in [0.15, 0.2) is 0 Å².